The molecule has 0 spiro atoms. The highest BCUT2D eigenvalue weighted by atomic mass is 32.2. The van der Waals surface area contributed by atoms with Gasteiger partial charge in [-0.15, -0.1) is 0 Å². The average Bonchev–Trinajstić information content (AvgIpc) is 2.49. The lowest BCUT2D eigenvalue weighted by Gasteiger charge is -2.28. The van der Waals surface area contributed by atoms with Crippen molar-refractivity contribution in [1.82, 2.24) is 0 Å². The van der Waals surface area contributed by atoms with Gasteiger partial charge in [0.15, 0.2) is 0 Å². The molecule has 21 heavy (non-hydrogen) atoms. The number of nitrogens with zero attached hydrogens (tertiary/aromatic N) is 2. The Bertz CT molecular complexity index is 564. The number of carbonyl (C=O) groups is 1. The fourth-order valence-electron chi connectivity index (χ4n) is 1.94. The van der Waals surface area contributed by atoms with E-state index >= 15 is 0 Å². The van der Waals surface area contributed by atoms with Crippen molar-refractivity contribution in [3.05, 3.63) is 35.4 Å². The van der Waals surface area contributed by atoms with Crippen molar-refractivity contribution >= 4 is 29.5 Å². The Morgan fingerprint density at radius 1 is 1.57 bits per heavy atom. The minimum absolute atomic E-state index is 0.338. The molecule has 1 unspecified atom stereocenters. The second-order valence-electron chi connectivity index (χ2n) is 4.80. The van der Waals surface area contributed by atoms with Gasteiger partial charge >= 0.3 is 5.97 Å². The summed E-state index contributed by atoms with van der Waals surface area (Å²) in [5.41, 5.74) is 2.14. The maximum Gasteiger partial charge on any atom is 0.328 e. The second-order valence-corrected chi connectivity index (χ2v) is 5.79. The predicted octanol–water partition coefficient (Wildman–Crippen LogP) is 3.23. The molecule has 1 rings (SSSR count). The van der Waals surface area contributed by atoms with Gasteiger partial charge < -0.3 is 10.0 Å². The number of carboxylic acids is 1. The van der Waals surface area contributed by atoms with E-state index in [2.05, 4.69) is 24.1 Å². The molecule has 0 saturated carbocycles. The van der Waals surface area contributed by atoms with Gasteiger partial charge in [0.25, 0.3) is 0 Å². The van der Waals surface area contributed by atoms with Crippen LogP contribution in [0.15, 0.2) is 24.3 Å². The third-order valence-corrected chi connectivity index (χ3v) is 3.98. The lowest BCUT2D eigenvalue weighted by molar-refractivity contribution is -0.131. The molecule has 0 heterocycles. The van der Waals surface area contributed by atoms with E-state index in [-0.39, 0.29) is 0 Å². The summed E-state index contributed by atoms with van der Waals surface area (Å²) in [6.45, 7) is 2.13. The molecule has 0 aliphatic carbocycles. The number of benzene rings is 1. The highest BCUT2D eigenvalue weighted by Gasteiger charge is 2.13. The zero-order valence-corrected chi connectivity index (χ0v) is 13.4. The molecule has 1 aromatic rings. The summed E-state index contributed by atoms with van der Waals surface area (Å²) < 4.78 is 0. The Kier molecular flexibility index (Phi) is 6.83. The summed E-state index contributed by atoms with van der Waals surface area (Å²) in [6.07, 6.45) is 5.69. The SMILES string of the molecule is CSCCC(C)N(C)c1ccc(/C=C/C(=O)O)cc1C#N. The van der Waals surface area contributed by atoms with Crippen molar-refractivity contribution in [2.75, 3.05) is 24.0 Å². The van der Waals surface area contributed by atoms with E-state index in [1.54, 1.807) is 6.07 Å². The standard InChI is InChI=1S/C16H20N2O2S/c1-12(8-9-21-3)18(2)15-6-4-13(5-7-16(19)20)10-14(15)11-17/h4-7,10,12H,8-9H2,1-3H3,(H,19,20)/b7-5+. The normalized spacial score (nSPS) is 12.1. The molecule has 4 nitrogen and oxygen atoms in total. The number of nitriles is 1. The van der Waals surface area contributed by atoms with Crippen LogP contribution in [0.2, 0.25) is 0 Å². The zero-order chi connectivity index (χ0) is 15.8. The first-order valence-corrected chi connectivity index (χ1v) is 8.06. The maximum atomic E-state index is 10.5. The quantitative estimate of drug-likeness (QED) is 0.783. The third-order valence-electron chi connectivity index (χ3n) is 3.34. The third kappa shape index (κ3) is 5.16. The Morgan fingerprint density at radius 3 is 2.86 bits per heavy atom. The van der Waals surface area contributed by atoms with Crippen LogP contribution in [0.25, 0.3) is 6.08 Å². The molecule has 0 saturated heterocycles. The predicted molar refractivity (Wildman–Crippen MR) is 88.7 cm³/mol. The molecular weight excluding hydrogens is 284 g/mol. The van der Waals surface area contributed by atoms with Crippen LogP contribution in [0.4, 0.5) is 5.69 Å². The lowest BCUT2D eigenvalue weighted by atomic mass is 10.1. The minimum Gasteiger partial charge on any atom is -0.478 e. The van der Waals surface area contributed by atoms with Crippen molar-refractivity contribution in [3.63, 3.8) is 0 Å². The number of hydrogen-bond acceptors (Lipinski definition) is 4. The Labute approximate surface area is 130 Å². The molecule has 0 aliphatic rings. The van der Waals surface area contributed by atoms with Crippen LogP contribution in [-0.2, 0) is 4.79 Å². The van der Waals surface area contributed by atoms with Crippen molar-refractivity contribution in [1.29, 1.82) is 5.26 Å². The zero-order valence-electron chi connectivity index (χ0n) is 12.5. The smallest absolute Gasteiger partial charge is 0.328 e. The summed E-state index contributed by atoms with van der Waals surface area (Å²) in [5.74, 6) is 0.0766. The van der Waals surface area contributed by atoms with E-state index < -0.39 is 5.97 Å². The van der Waals surface area contributed by atoms with Gasteiger partial charge in [-0.05, 0) is 49.1 Å². The lowest BCUT2D eigenvalue weighted by Crippen LogP contribution is -2.29. The molecule has 0 radical (unpaired) electrons. The van der Waals surface area contributed by atoms with Crippen LogP contribution < -0.4 is 4.90 Å². The number of thioether (sulfide) groups is 1. The van der Waals surface area contributed by atoms with Crippen LogP contribution >= 0.6 is 11.8 Å². The first kappa shape index (κ1) is 17.1. The Hall–Kier alpha value is -1.93. The first-order chi connectivity index (χ1) is 9.99. The van der Waals surface area contributed by atoms with Crippen molar-refractivity contribution in [3.8, 4) is 6.07 Å². The molecular formula is C16H20N2O2S. The topological polar surface area (TPSA) is 64.3 Å². The number of hydrogen-bond donors (Lipinski definition) is 1. The van der Waals surface area contributed by atoms with Crippen LogP contribution in [0.5, 0.6) is 0 Å². The molecule has 0 bridgehead atoms. The van der Waals surface area contributed by atoms with E-state index in [0.29, 0.717) is 17.2 Å². The van der Waals surface area contributed by atoms with Crippen molar-refractivity contribution in [2.24, 2.45) is 0 Å². The van der Waals surface area contributed by atoms with Crippen LogP contribution in [0.3, 0.4) is 0 Å². The van der Waals surface area contributed by atoms with Crippen molar-refractivity contribution in [2.45, 2.75) is 19.4 Å². The summed E-state index contributed by atoms with van der Waals surface area (Å²) >= 11 is 1.81. The fourth-order valence-corrected chi connectivity index (χ4v) is 2.52. The molecule has 1 N–H and O–H groups in total. The monoisotopic (exact) mass is 304 g/mol. The molecule has 5 heteroatoms. The molecule has 0 aliphatic heterocycles. The first-order valence-electron chi connectivity index (χ1n) is 6.66. The van der Waals surface area contributed by atoms with Gasteiger partial charge in [0.05, 0.1) is 11.3 Å². The van der Waals surface area contributed by atoms with E-state index in [0.717, 1.165) is 23.9 Å². The minimum atomic E-state index is -1.000. The van der Waals surface area contributed by atoms with E-state index in [1.807, 2.05) is 30.9 Å². The molecule has 0 aromatic heterocycles. The van der Waals surface area contributed by atoms with Gasteiger partial charge in [-0.1, -0.05) is 6.07 Å². The van der Waals surface area contributed by atoms with Crippen LogP contribution in [0.1, 0.15) is 24.5 Å². The average molecular weight is 304 g/mol. The van der Waals surface area contributed by atoms with Crippen LogP contribution in [-0.4, -0.2) is 36.2 Å². The summed E-state index contributed by atoms with van der Waals surface area (Å²) in [7, 11) is 1.98. The van der Waals surface area contributed by atoms with E-state index in [4.69, 9.17) is 5.11 Å². The Morgan fingerprint density at radius 2 is 2.29 bits per heavy atom. The molecule has 1 aromatic carbocycles. The van der Waals surface area contributed by atoms with E-state index in [1.165, 1.54) is 6.08 Å². The van der Waals surface area contributed by atoms with Gasteiger partial charge in [0.1, 0.15) is 6.07 Å². The summed E-state index contributed by atoms with van der Waals surface area (Å²) in [6, 6.07) is 7.94. The van der Waals surface area contributed by atoms with E-state index in [9.17, 15) is 10.1 Å². The highest BCUT2D eigenvalue weighted by molar-refractivity contribution is 7.98. The van der Waals surface area contributed by atoms with Gasteiger partial charge in [-0.2, -0.15) is 17.0 Å². The van der Waals surface area contributed by atoms with Gasteiger partial charge in [-0.25, -0.2) is 4.79 Å². The van der Waals surface area contributed by atoms with Crippen molar-refractivity contribution < 1.29 is 9.90 Å². The molecule has 112 valence electrons. The molecule has 0 amide bonds. The number of rotatable bonds is 7. The van der Waals surface area contributed by atoms with Gasteiger partial charge in [0, 0.05) is 19.2 Å². The van der Waals surface area contributed by atoms with Gasteiger partial charge in [-0.3, -0.25) is 0 Å². The number of anilines is 1. The number of carboxylic acid groups (broad SMARTS) is 1. The highest BCUT2D eigenvalue weighted by Crippen LogP contribution is 2.24. The second kappa shape index (κ2) is 8.38. The summed E-state index contributed by atoms with van der Waals surface area (Å²) in [5, 5.41) is 17.9. The Balaban J connectivity index is 2.98. The summed E-state index contributed by atoms with van der Waals surface area (Å²) in [4.78, 5) is 12.6. The van der Waals surface area contributed by atoms with Gasteiger partial charge in [0.2, 0.25) is 0 Å². The molecule has 0 fully saturated rings. The maximum absolute atomic E-state index is 10.5. The largest absolute Gasteiger partial charge is 0.478 e. The van der Waals surface area contributed by atoms with Crippen LogP contribution in [0, 0.1) is 11.3 Å². The molecule has 1 atom stereocenters. The fraction of sp³-hybridized carbons (Fsp3) is 0.375. The number of aliphatic carboxylic acids is 1.